The van der Waals surface area contributed by atoms with Crippen LogP contribution in [0.2, 0.25) is 0 Å². The Morgan fingerprint density at radius 3 is 2.30 bits per heavy atom. The van der Waals surface area contributed by atoms with Crippen LogP contribution in [0.25, 0.3) is 0 Å². The fourth-order valence-corrected chi connectivity index (χ4v) is 3.92. The molecule has 168 valence electrons. The summed E-state index contributed by atoms with van der Waals surface area (Å²) in [4.78, 5) is 25.6. The highest BCUT2D eigenvalue weighted by molar-refractivity contribution is 5.96. The molecule has 0 bridgehead atoms. The van der Waals surface area contributed by atoms with E-state index >= 15 is 0 Å². The third-order valence-corrected chi connectivity index (χ3v) is 5.25. The lowest BCUT2D eigenvalue weighted by atomic mass is 9.86. The summed E-state index contributed by atoms with van der Waals surface area (Å²) < 4.78 is 0. The van der Waals surface area contributed by atoms with Gasteiger partial charge in [-0.3, -0.25) is 9.59 Å². The van der Waals surface area contributed by atoms with Crippen LogP contribution in [-0.2, 0) is 11.2 Å². The first-order chi connectivity index (χ1) is 13.8. The third-order valence-electron chi connectivity index (χ3n) is 5.25. The van der Waals surface area contributed by atoms with Gasteiger partial charge in [-0.1, -0.05) is 18.2 Å². The lowest BCUT2D eigenvalue weighted by molar-refractivity contribution is -0.130. The van der Waals surface area contributed by atoms with E-state index in [9.17, 15) is 14.7 Å². The highest BCUT2D eigenvalue weighted by atomic mass is 16.3. The third kappa shape index (κ3) is 7.10. The van der Waals surface area contributed by atoms with Crippen molar-refractivity contribution in [2.45, 2.75) is 96.4 Å². The van der Waals surface area contributed by atoms with Crippen LogP contribution < -0.4 is 16.0 Å². The maximum absolute atomic E-state index is 12.9. The molecule has 0 spiro atoms. The number of nitrogens with one attached hydrogen (secondary N) is 3. The Kier molecular flexibility index (Phi) is 7.69. The molecule has 1 aliphatic rings. The van der Waals surface area contributed by atoms with E-state index in [2.05, 4.69) is 16.0 Å². The molecule has 1 aliphatic heterocycles. The normalized spacial score (nSPS) is 20.6. The molecule has 0 saturated carbocycles. The van der Waals surface area contributed by atoms with Gasteiger partial charge in [-0.05, 0) is 85.4 Å². The van der Waals surface area contributed by atoms with E-state index in [1.54, 1.807) is 0 Å². The molecule has 0 aliphatic carbocycles. The molecule has 6 nitrogen and oxygen atoms in total. The average molecular weight is 418 g/mol. The predicted molar refractivity (Wildman–Crippen MR) is 120 cm³/mol. The molecule has 30 heavy (non-hydrogen) atoms. The van der Waals surface area contributed by atoms with Crippen LogP contribution in [0.4, 0.5) is 0 Å². The molecule has 6 heteroatoms. The summed E-state index contributed by atoms with van der Waals surface area (Å²) in [7, 11) is 0. The first-order valence-electron chi connectivity index (χ1n) is 11.0. The number of carbonyl (C=O) groups excluding carboxylic acids is 2. The number of aliphatic hydroxyl groups excluding tert-OH is 1. The Balaban J connectivity index is 2.04. The van der Waals surface area contributed by atoms with Crippen molar-refractivity contribution >= 4 is 11.8 Å². The quantitative estimate of drug-likeness (QED) is 0.549. The Morgan fingerprint density at radius 1 is 1.10 bits per heavy atom. The van der Waals surface area contributed by atoms with Crippen molar-refractivity contribution in [3.8, 4) is 0 Å². The zero-order valence-corrected chi connectivity index (χ0v) is 19.4. The van der Waals surface area contributed by atoms with Crippen molar-refractivity contribution in [1.82, 2.24) is 16.0 Å². The molecule has 1 aromatic carbocycles. The summed E-state index contributed by atoms with van der Waals surface area (Å²) in [5.74, 6) is -0.150. The lowest BCUT2D eigenvalue weighted by Gasteiger charge is -2.34. The van der Waals surface area contributed by atoms with Crippen molar-refractivity contribution in [3.05, 3.63) is 35.4 Å². The van der Waals surface area contributed by atoms with Gasteiger partial charge in [0, 0.05) is 23.1 Å². The summed E-state index contributed by atoms with van der Waals surface area (Å²) >= 11 is 0. The molecule has 2 atom stereocenters. The SMILES string of the molecule is CC(C)(C)NC(=O)c1ccccc1CC[C@@H](O)C[C@]1(C(=O)NC(C)(C)C)CCCN1. The summed E-state index contributed by atoms with van der Waals surface area (Å²) in [6.07, 6.45) is 2.43. The van der Waals surface area contributed by atoms with E-state index < -0.39 is 11.6 Å². The van der Waals surface area contributed by atoms with Crippen LogP contribution in [0.15, 0.2) is 24.3 Å². The van der Waals surface area contributed by atoms with Crippen LogP contribution in [0, 0.1) is 0 Å². The molecule has 0 aromatic heterocycles. The molecule has 2 rings (SSSR count). The Morgan fingerprint density at radius 2 is 1.73 bits per heavy atom. The molecule has 0 radical (unpaired) electrons. The van der Waals surface area contributed by atoms with Gasteiger partial charge in [0.05, 0.1) is 6.10 Å². The van der Waals surface area contributed by atoms with Gasteiger partial charge in [-0.2, -0.15) is 0 Å². The zero-order chi connectivity index (χ0) is 22.6. The van der Waals surface area contributed by atoms with Crippen LogP contribution in [0.1, 0.15) is 83.1 Å². The van der Waals surface area contributed by atoms with Crippen molar-refractivity contribution in [3.63, 3.8) is 0 Å². The molecule has 1 fully saturated rings. The topological polar surface area (TPSA) is 90.5 Å². The van der Waals surface area contributed by atoms with Crippen LogP contribution >= 0.6 is 0 Å². The molecule has 1 saturated heterocycles. The van der Waals surface area contributed by atoms with Gasteiger partial charge < -0.3 is 21.1 Å². The smallest absolute Gasteiger partial charge is 0.251 e. The fourth-order valence-electron chi connectivity index (χ4n) is 3.92. The number of hydrogen-bond acceptors (Lipinski definition) is 4. The van der Waals surface area contributed by atoms with Gasteiger partial charge >= 0.3 is 0 Å². The number of hydrogen-bond donors (Lipinski definition) is 4. The van der Waals surface area contributed by atoms with E-state index in [0.717, 1.165) is 24.9 Å². The van der Waals surface area contributed by atoms with Crippen molar-refractivity contribution in [1.29, 1.82) is 0 Å². The molecular formula is C24H39N3O3. The Labute approximate surface area is 181 Å². The fraction of sp³-hybridized carbons (Fsp3) is 0.667. The van der Waals surface area contributed by atoms with Gasteiger partial charge in [0.15, 0.2) is 0 Å². The standard InChI is InChI=1S/C24H39N3O3/c1-22(2,3)26-20(29)19-11-8-7-10-17(19)12-13-18(28)16-24(14-9-15-25-24)21(30)27-23(4,5)6/h7-8,10-11,18,25,28H,9,12-16H2,1-6H3,(H,26,29)(H,27,30)/t18-,24+/m1/s1. The largest absolute Gasteiger partial charge is 0.393 e. The first-order valence-corrected chi connectivity index (χ1v) is 11.0. The number of aryl methyl sites for hydroxylation is 1. The Hall–Kier alpha value is -1.92. The van der Waals surface area contributed by atoms with Crippen molar-refractivity contribution in [2.24, 2.45) is 0 Å². The van der Waals surface area contributed by atoms with Crippen molar-refractivity contribution in [2.75, 3.05) is 6.54 Å². The number of benzene rings is 1. The second kappa shape index (κ2) is 9.48. The number of amides is 2. The molecular weight excluding hydrogens is 378 g/mol. The second-order valence-electron chi connectivity index (χ2n) is 10.6. The number of rotatable bonds is 7. The van der Waals surface area contributed by atoms with Crippen molar-refractivity contribution < 1.29 is 14.7 Å². The summed E-state index contributed by atoms with van der Waals surface area (Å²) in [5, 5.41) is 20.2. The minimum Gasteiger partial charge on any atom is -0.393 e. The van der Waals surface area contributed by atoms with Gasteiger partial charge in [-0.15, -0.1) is 0 Å². The van der Waals surface area contributed by atoms with E-state index in [-0.39, 0.29) is 22.9 Å². The first kappa shape index (κ1) is 24.4. The molecule has 1 aromatic rings. The summed E-state index contributed by atoms with van der Waals surface area (Å²) in [6.45, 7) is 12.5. The molecule has 1 heterocycles. The number of carbonyl (C=O) groups is 2. The van der Waals surface area contributed by atoms with E-state index in [0.29, 0.717) is 24.8 Å². The average Bonchev–Trinajstić information content (AvgIpc) is 3.07. The maximum atomic E-state index is 12.9. The van der Waals surface area contributed by atoms with Crippen LogP contribution in [0.3, 0.4) is 0 Å². The van der Waals surface area contributed by atoms with Gasteiger partial charge in [0.2, 0.25) is 5.91 Å². The van der Waals surface area contributed by atoms with Crippen LogP contribution in [0.5, 0.6) is 0 Å². The Bertz CT molecular complexity index is 741. The zero-order valence-electron chi connectivity index (χ0n) is 19.4. The van der Waals surface area contributed by atoms with E-state index in [1.807, 2.05) is 65.8 Å². The second-order valence-corrected chi connectivity index (χ2v) is 10.6. The monoisotopic (exact) mass is 417 g/mol. The minimum atomic E-state index is -0.726. The van der Waals surface area contributed by atoms with Crippen LogP contribution in [-0.4, -0.2) is 46.2 Å². The number of aliphatic hydroxyl groups is 1. The highest BCUT2D eigenvalue weighted by Gasteiger charge is 2.43. The molecule has 2 amide bonds. The van der Waals surface area contributed by atoms with E-state index in [4.69, 9.17) is 0 Å². The maximum Gasteiger partial charge on any atom is 0.251 e. The van der Waals surface area contributed by atoms with Gasteiger partial charge in [0.1, 0.15) is 5.54 Å². The summed E-state index contributed by atoms with van der Waals surface area (Å²) in [6, 6.07) is 7.51. The molecule has 0 unspecified atom stereocenters. The minimum absolute atomic E-state index is 0.0449. The van der Waals surface area contributed by atoms with E-state index in [1.165, 1.54) is 0 Å². The molecule has 4 N–H and O–H groups in total. The van der Waals surface area contributed by atoms with Gasteiger partial charge in [0.25, 0.3) is 5.91 Å². The highest BCUT2D eigenvalue weighted by Crippen LogP contribution is 2.27. The lowest BCUT2D eigenvalue weighted by Crippen LogP contribution is -2.58. The van der Waals surface area contributed by atoms with Gasteiger partial charge in [-0.25, -0.2) is 0 Å². The summed E-state index contributed by atoms with van der Waals surface area (Å²) in [5.41, 5.74) is 0.184. The predicted octanol–water partition coefficient (Wildman–Crippen LogP) is 2.94.